The number of methoxy groups -OCH3 is 2. The molecule has 0 bridgehead atoms. The van der Waals surface area contributed by atoms with Gasteiger partial charge in [-0.3, -0.25) is 4.98 Å². The summed E-state index contributed by atoms with van der Waals surface area (Å²) in [6, 6.07) is 11.7. The van der Waals surface area contributed by atoms with E-state index in [0.29, 0.717) is 12.4 Å². The Morgan fingerprint density at radius 2 is 1.68 bits per heavy atom. The van der Waals surface area contributed by atoms with Gasteiger partial charge in [-0.05, 0) is 43.7 Å². The molecule has 130 valence electrons. The van der Waals surface area contributed by atoms with Crippen molar-refractivity contribution in [2.45, 2.75) is 26.0 Å². The molecule has 0 saturated carbocycles. The van der Waals surface area contributed by atoms with Crippen molar-refractivity contribution >= 4 is 0 Å². The summed E-state index contributed by atoms with van der Waals surface area (Å²) in [6.45, 7) is 4.57. The van der Waals surface area contributed by atoms with Crippen molar-refractivity contribution in [2.75, 3.05) is 14.2 Å². The molecule has 3 rings (SSSR count). The Hall–Kier alpha value is -2.73. The van der Waals surface area contributed by atoms with Crippen LogP contribution in [0.5, 0.6) is 5.75 Å². The molecule has 1 aromatic carbocycles. The van der Waals surface area contributed by atoms with Crippen molar-refractivity contribution in [1.82, 2.24) is 19.7 Å². The van der Waals surface area contributed by atoms with E-state index < -0.39 is 5.60 Å². The van der Waals surface area contributed by atoms with Crippen LogP contribution in [-0.4, -0.2) is 34.0 Å². The van der Waals surface area contributed by atoms with Gasteiger partial charge in [0, 0.05) is 25.1 Å². The maximum absolute atomic E-state index is 5.63. The van der Waals surface area contributed by atoms with Crippen LogP contribution in [0.1, 0.15) is 25.2 Å². The smallest absolute Gasteiger partial charge is 0.181 e. The molecule has 0 fully saturated rings. The monoisotopic (exact) mass is 338 g/mol. The van der Waals surface area contributed by atoms with Gasteiger partial charge in [-0.15, -0.1) is 0 Å². The molecule has 0 spiro atoms. The average Bonchev–Trinajstić information content (AvgIpc) is 3.08. The Labute approximate surface area is 147 Å². The summed E-state index contributed by atoms with van der Waals surface area (Å²) in [7, 11) is 3.34. The Kier molecular flexibility index (Phi) is 4.81. The highest BCUT2D eigenvalue weighted by Gasteiger charge is 2.28. The number of benzene rings is 1. The standard InChI is InChI=1S/C19H22N4O2/c1-19(2,25-4)18-21-17(15-9-11-20-12-10-15)22-23(18)13-14-5-7-16(24-3)8-6-14/h5-12H,13H2,1-4H3. The number of hydrogen-bond donors (Lipinski definition) is 0. The molecule has 2 heterocycles. The first-order valence-corrected chi connectivity index (χ1v) is 8.07. The van der Waals surface area contributed by atoms with Crippen molar-refractivity contribution in [3.63, 3.8) is 0 Å². The van der Waals surface area contributed by atoms with Gasteiger partial charge in [-0.1, -0.05) is 12.1 Å². The Morgan fingerprint density at radius 3 is 2.28 bits per heavy atom. The maximum atomic E-state index is 5.63. The van der Waals surface area contributed by atoms with Gasteiger partial charge in [0.25, 0.3) is 0 Å². The molecule has 2 aromatic heterocycles. The largest absolute Gasteiger partial charge is 0.497 e. The van der Waals surface area contributed by atoms with Crippen LogP contribution < -0.4 is 4.74 Å². The minimum atomic E-state index is -0.551. The molecule has 0 unspecified atom stereocenters. The summed E-state index contributed by atoms with van der Waals surface area (Å²) in [5.74, 6) is 2.27. The van der Waals surface area contributed by atoms with Gasteiger partial charge in [-0.2, -0.15) is 5.10 Å². The third-order valence-corrected chi connectivity index (χ3v) is 4.15. The molecule has 0 saturated heterocycles. The van der Waals surface area contributed by atoms with Crippen molar-refractivity contribution < 1.29 is 9.47 Å². The lowest BCUT2D eigenvalue weighted by Crippen LogP contribution is -2.25. The van der Waals surface area contributed by atoms with Crippen LogP contribution in [0.3, 0.4) is 0 Å². The van der Waals surface area contributed by atoms with Gasteiger partial charge >= 0.3 is 0 Å². The van der Waals surface area contributed by atoms with E-state index in [-0.39, 0.29) is 0 Å². The molecule has 0 aliphatic heterocycles. The van der Waals surface area contributed by atoms with Gasteiger partial charge in [0.05, 0.1) is 13.7 Å². The van der Waals surface area contributed by atoms with E-state index in [1.165, 1.54) is 0 Å². The Balaban J connectivity index is 1.99. The number of rotatable bonds is 6. The topological polar surface area (TPSA) is 62.1 Å². The predicted octanol–water partition coefficient (Wildman–Crippen LogP) is 3.28. The molecule has 0 aliphatic rings. The fourth-order valence-corrected chi connectivity index (χ4v) is 2.52. The Morgan fingerprint density at radius 1 is 1.00 bits per heavy atom. The zero-order valence-corrected chi connectivity index (χ0v) is 14.9. The molecular weight excluding hydrogens is 316 g/mol. The van der Waals surface area contributed by atoms with Crippen LogP contribution in [0.2, 0.25) is 0 Å². The first-order valence-electron chi connectivity index (χ1n) is 8.07. The van der Waals surface area contributed by atoms with E-state index in [4.69, 9.17) is 19.6 Å². The summed E-state index contributed by atoms with van der Waals surface area (Å²) >= 11 is 0. The van der Waals surface area contributed by atoms with Crippen molar-refractivity contribution in [3.05, 3.63) is 60.2 Å². The van der Waals surface area contributed by atoms with E-state index in [1.54, 1.807) is 26.6 Å². The molecule has 0 atom stereocenters. The van der Waals surface area contributed by atoms with Crippen LogP contribution in [-0.2, 0) is 16.9 Å². The van der Waals surface area contributed by atoms with Gasteiger partial charge in [0.1, 0.15) is 11.4 Å². The normalized spacial score (nSPS) is 11.5. The van der Waals surface area contributed by atoms with E-state index >= 15 is 0 Å². The summed E-state index contributed by atoms with van der Waals surface area (Å²) in [4.78, 5) is 8.78. The molecule has 3 aromatic rings. The van der Waals surface area contributed by atoms with E-state index in [9.17, 15) is 0 Å². The SMILES string of the molecule is COc1ccc(Cn2nc(-c3ccncc3)nc2C(C)(C)OC)cc1. The molecule has 0 radical (unpaired) electrons. The second kappa shape index (κ2) is 7.03. The molecule has 6 heteroatoms. The molecule has 0 amide bonds. The average molecular weight is 338 g/mol. The van der Waals surface area contributed by atoms with Crippen LogP contribution in [0.25, 0.3) is 11.4 Å². The second-order valence-electron chi connectivity index (χ2n) is 6.22. The lowest BCUT2D eigenvalue weighted by molar-refractivity contribution is 0.00802. The number of aromatic nitrogens is 4. The molecule has 0 N–H and O–H groups in total. The highest BCUT2D eigenvalue weighted by molar-refractivity contribution is 5.53. The summed E-state index contributed by atoms with van der Waals surface area (Å²) < 4.78 is 12.7. The highest BCUT2D eigenvalue weighted by atomic mass is 16.5. The first kappa shape index (κ1) is 17.1. The van der Waals surface area contributed by atoms with Crippen LogP contribution >= 0.6 is 0 Å². The molecule has 6 nitrogen and oxygen atoms in total. The zero-order valence-electron chi connectivity index (χ0n) is 14.9. The second-order valence-corrected chi connectivity index (χ2v) is 6.22. The van der Waals surface area contributed by atoms with Crippen LogP contribution in [0.4, 0.5) is 0 Å². The lowest BCUT2D eigenvalue weighted by Gasteiger charge is -2.22. The molecule has 0 aliphatic carbocycles. The van der Waals surface area contributed by atoms with Gasteiger partial charge in [0.15, 0.2) is 11.6 Å². The Bertz CT molecular complexity index is 826. The lowest BCUT2D eigenvalue weighted by atomic mass is 10.1. The number of ether oxygens (including phenoxy) is 2. The number of hydrogen-bond acceptors (Lipinski definition) is 5. The summed E-state index contributed by atoms with van der Waals surface area (Å²) in [5.41, 5.74) is 1.49. The van der Waals surface area contributed by atoms with E-state index in [0.717, 1.165) is 22.7 Å². The third-order valence-electron chi connectivity index (χ3n) is 4.15. The van der Waals surface area contributed by atoms with Crippen LogP contribution in [0.15, 0.2) is 48.8 Å². The van der Waals surface area contributed by atoms with E-state index in [2.05, 4.69) is 4.98 Å². The highest BCUT2D eigenvalue weighted by Crippen LogP contribution is 2.26. The minimum absolute atomic E-state index is 0.551. The first-order chi connectivity index (χ1) is 12.0. The van der Waals surface area contributed by atoms with Gasteiger partial charge in [0.2, 0.25) is 0 Å². The maximum Gasteiger partial charge on any atom is 0.181 e. The summed E-state index contributed by atoms with van der Waals surface area (Å²) in [5, 5.41) is 4.70. The number of pyridine rings is 1. The van der Waals surface area contributed by atoms with Crippen molar-refractivity contribution in [2.24, 2.45) is 0 Å². The van der Waals surface area contributed by atoms with E-state index in [1.807, 2.05) is 54.9 Å². The molecular formula is C19H22N4O2. The predicted molar refractivity (Wildman–Crippen MR) is 95.4 cm³/mol. The zero-order chi connectivity index (χ0) is 17.9. The van der Waals surface area contributed by atoms with Gasteiger partial charge < -0.3 is 9.47 Å². The fraction of sp³-hybridized carbons (Fsp3) is 0.316. The van der Waals surface area contributed by atoms with Crippen LogP contribution in [0, 0.1) is 0 Å². The number of nitrogens with zero attached hydrogens (tertiary/aromatic N) is 4. The van der Waals surface area contributed by atoms with Crippen molar-refractivity contribution in [1.29, 1.82) is 0 Å². The third kappa shape index (κ3) is 3.69. The van der Waals surface area contributed by atoms with Crippen molar-refractivity contribution in [3.8, 4) is 17.1 Å². The minimum Gasteiger partial charge on any atom is -0.497 e. The summed E-state index contributed by atoms with van der Waals surface area (Å²) in [6.07, 6.45) is 3.47. The molecule has 25 heavy (non-hydrogen) atoms. The van der Waals surface area contributed by atoms with Gasteiger partial charge in [-0.25, -0.2) is 9.67 Å². The quantitative estimate of drug-likeness (QED) is 0.690. The fourth-order valence-electron chi connectivity index (χ4n) is 2.52.